The second-order valence-electron chi connectivity index (χ2n) is 8.32. The number of Topliss-reactive ketones (excluding diaryl/α,β-unsaturated/α-hetero) is 1. The molecule has 0 amide bonds. The molecular weight excluding hydrogens is 328 g/mol. The predicted molar refractivity (Wildman–Crippen MR) is 103 cm³/mol. The first-order valence-electron chi connectivity index (χ1n) is 9.87. The molecule has 0 N–H and O–H groups in total. The molecule has 1 fully saturated rings. The maximum atomic E-state index is 12.5. The molecule has 4 heteroatoms. The highest BCUT2D eigenvalue weighted by atomic mass is 16.5. The number of hydrogen-bond donors (Lipinski definition) is 0. The van der Waals surface area contributed by atoms with Crippen LogP contribution in [0.15, 0.2) is 23.8 Å². The average Bonchev–Trinajstić information content (AvgIpc) is 2.79. The van der Waals surface area contributed by atoms with Crippen molar-refractivity contribution in [1.82, 2.24) is 0 Å². The zero-order valence-corrected chi connectivity index (χ0v) is 16.9. The maximum absolute atomic E-state index is 12.5. The van der Waals surface area contributed by atoms with Crippen LogP contribution in [0.25, 0.3) is 0 Å². The summed E-state index contributed by atoms with van der Waals surface area (Å²) in [7, 11) is 1.77. The minimum Gasteiger partial charge on any atom is -0.462 e. The molecular formula is C22H34O4. The van der Waals surface area contributed by atoms with Gasteiger partial charge in [-0.1, -0.05) is 25.2 Å². The summed E-state index contributed by atoms with van der Waals surface area (Å²) in [6.07, 6.45) is 10.9. The molecule has 4 nitrogen and oxygen atoms in total. The summed E-state index contributed by atoms with van der Waals surface area (Å²) in [5.74, 6) is 1.03. The van der Waals surface area contributed by atoms with E-state index >= 15 is 0 Å². The van der Waals surface area contributed by atoms with Gasteiger partial charge in [0.15, 0.2) is 0 Å². The largest absolute Gasteiger partial charge is 0.462 e. The van der Waals surface area contributed by atoms with E-state index in [1.54, 1.807) is 14.0 Å². The van der Waals surface area contributed by atoms with Crippen LogP contribution in [-0.2, 0) is 19.1 Å². The molecule has 0 heterocycles. The van der Waals surface area contributed by atoms with E-state index in [0.717, 1.165) is 25.7 Å². The van der Waals surface area contributed by atoms with Crippen LogP contribution in [0, 0.1) is 23.2 Å². The summed E-state index contributed by atoms with van der Waals surface area (Å²) in [6, 6.07) is 0. The molecule has 2 aliphatic rings. The predicted octanol–water partition coefficient (Wildman–Crippen LogP) is 4.49. The fourth-order valence-electron chi connectivity index (χ4n) is 4.06. The van der Waals surface area contributed by atoms with E-state index in [2.05, 4.69) is 6.92 Å². The van der Waals surface area contributed by atoms with Gasteiger partial charge >= 0.3 is 5.97 Å². The molecule has 3 unspecified atom stereocenters. The van der Waals surface area contributed by atoms with E-state index in [0.29, 0.717) is 36.5 Å². The van der Waals surface area contributed by atoms with Crippen LogP contribution < -0.4 is 0 Å². The summed E-state index contributed by atoms with van der Waals surface area (Å²) in [4.78, 5) is 24.5. The number of hydrogen-bond acceptors (Lipinski definition) is 4. The van der Waals surface area contributed by atoms with E-state index in [4.69, 9.17) is 9.47 Å². The zero-order valence-electron chi connectivity index (χ0n) is 16.9. The lowest BCUT2D eigenvalue weighted by Crippen LogP contribution is -2.31. The van der Waals surface area contributed by atoms with Crippen LogP contribution in [0.3, 0.4) is 0 Å². The molecule has 0 spiro atoms. The molecule has 0 aromatic carbocycles. The molecule has 0 bridgehead atoms. The van der Waals surface area contributed by atoms with Gasteiger partial charge in [0.25, 0.3) is 0 Å². The van der Waals surface area contributed by atoms with Crippen molar-refractivity contribution in [3.63, 3.8) is 0 Å². The normalized spacial score (nSPS) is 33.1. The van der Waals surface area contributed by atoms with E-state index < -0.39 is 5.41 Å². The Morgan fingerprint density at radius 1 is 1.27 bits per heavy atom. The third-order valence-corrected chi connectivity index (χ3v) is 6.69. The Kier molecular flexibility index (Phi) is 7.22. The molecule has 3 atom stereocenters. The zero-order chi connectivity index (χ0) is 19.3. The molecule has 0 aromatic rings. The Balaban J connectivity index is 1.83. The van der Waals surface area contributed by atoms with Crippen molar-refractivity contribution in [2.24, 2.45) is 23.2 Å². The quantitative estimate of drug-likeness (QED) is 0.653. The first kappa shape index (κ1) is 20.9. The van der Waals surface area contributed by atoms with Gasteiger partial charge in [-0.3, -0.25) is 4.79 Å². The van der Waals surface area contributed by atoms with E-state index in [1.807, 2.05) is 32.1 Å². The van der Waals surface area contributed by atoms with Gasteiger partial charge in [0.1, 0.15) is 5.78 Å². The van der Waals surface area contributed by atoms with Gasteiger partial charge in [-0.2, -0.15) is 0 Å². The Bertz CT molecular complexity index is 569. The molecule has 2 rings (SSSR count). The van der Waals surface area contributed by atoms with Crippen molar-refractivity contribution in [2.45, 2.75) is 65.9 Å². The van der Waals surface area contributed by atoms with Crippen LogP contribution in [0.2, 0.25) is 0 Å². The van der Waals surface area contributed by atoms with E-state index in [9.17, 15) is 9.59 Å². The topological polar surface area (TPSA) is 52.6 Å². The van der Waals surface area contributed by atoms with Gasteiger partial charge in [-0.15, -0.1) is 0 Å². The molecule has 1 saturated carbocycles. The summed E-state index contributed by atoms with van der Waals surface area (Å²) >= 11 is 0. The van der Waals surface area contributed by atoms with Gasteiger partial charge in [0.05, 0.1) is 12.7 Å². The third kappa shape index (κ3) is 4.85. The highest BCUT2D eigenvalue weighted by molar-refractivity contribution is 5.90. The highest BCUT2D eigenvalue weighted by Crippen LogP contribution is 2.37. The molecule has 146 valence electrons. The monoisotopic (exact) mass is 362 g/mol. The van der Waals surface area contributed by atoms with Crippen molar-refractivity contribution in [1.29, 1.82) is 0 Å². The molecule has 26 heavy (non-hydrogen) atoms. The molecule has 0 saturated heterocycles. The van der Waals surface area contributed by atoms with E-state index in [1.165, 1.54) is 0 Å². The number of carbonyl (C=O) groups is 2. The van der Waals surface area contributed by atoms with Crippen LogP contribution in [0.1, 0.15) is 59.8 Å². The lowest BCUT2D eigenvalue weighted by Gasteiger charge is -2.31. The number of methoxy groups -OCH3 is 1. The Morgan fingerprint density at radius 3 is 2.50 bits per heavy atom. The number of rotatable bonds is 6. The highest BCUT2D eigenvalue weighted by Gasteiger charge is 2.36. The maximum Gasteiger partial charge on any atom is 0.334 e. The van der Waals surface area contributed by atoms with Crippen molar-refractivity contribution >= 4 is 11.8 Å². The van der Waals surface area contributed by atoms with Gasteiger partial charge in [0.2, 0.25) is 0 Å². The summed E-state index contributed by atoms with van der Waals surface area (Å²) in [5.41, 5.74) is 0.148. The molecule has 0 aromatic heterocycles. The summed E-state index contributed by atoms with van der Waals surface area (Å²) in [5, 5.41) is 0. The number of ketones is 1. The van der Waals surface area contributed by atoms with Crippen molar-refractivity contribution in [3.05, 3.63) is 23.8 Å². The Morgan fingerprint density at radius 2 is 1.92 bits per heavy atom. The smallest absolute Gasteiger partial charge is 0.334 e. The SMILES string of the molecule is COC(C)C1CCC(COC(=O)C2=CC=CC(C)(C(C)=O)C(C)C2)CC1. The van der Waals surface area contributed by atoms with Gasteiger partial charge in [0, 0.05) is 18.1 Å². The molecule has 0 aliphatic heterocycles. The fraction of sp³-hybridized carbons (Fsp3) is 0.727. The van der Waals surface area contributed by atoms with Gasteiger partial charge in [-0.05, 0) is 70.6 Å². The van der Waals surface area contributed by atoms with Crippen LogP contribution in [-0.4, -0.2) is 31.6 Å². The lowest BCUT2D eigenvalue weighted by atomic mass is 9.73. The Hall–Kier alpha value is -1.42. The fourth-order valence-corrected chi connectivity index (χ4v) is 4.06. The second-order valence-corrected chi connectivity index (χ2v) is 8.32. The van der Waals surface area contributed by atoms with Crippen molar-refractivity contribution < 1.29 is 19.1 Å². The summed E-state index contributed by atoms with van der Waals surface area (Å²) < 4.78 is 11.1. The number of carbonyl (C=O) groups excluding carboxylic acids is 2. The number of allylic oxidation sites excluding steroid dienone is 3. The third-order valence-electron chi connectivity index (χ3n) is 6.69. The Labute approximate surface area is 158 Å². The minimum atomic E-state index is -0.519. The standard InChI is InChI=1S/C22H34O4/c1-15-13-20(7-6-12-22(15,4)17(3)23)21(24)26-14-18-8-10-19(11-9-18)16(2)25-5/h6-7,12,15-16,18-19H,8-11,13-14H2,1-5H3. The van der Waals surface area contributed by atoms with Crippen LogP contribution in [0.5, 0.6) is 0 Å². The van der Waals surface area contributed by atoms with Gasteiger partial charge < -0.3 is 9.47 Å². The summed E-state index contributed by atoms with van der Waals surface area (Å²) in [6.45, 7) is 8.21. The molecule has 0 radical (unpaired) electrons. The number of esters is 1. The van der Waals surface area contributed by atoms with Crippen molar-refractivity contribution in [3.8, 4) is 0 Å². The van der Waals surface area contributed by atoms with Crippen molar-refractivity contribution in [2.75, 3.05) is 13.7 Å². The van der Waals surface area contributed by atoms with Gasteiger partial charge in [-0.25, -0.2) is 4.79 Å². The number of ether oxygens (including phenoxy) is 2. The van der Waals surface area contributed by atoms with Crippen LogP contribution >= 0.6 is 0 Å². The lowest BCUT2D eigenvalue weighted by molar-refractivity contribution is -0.141. The average molecular weight is 363 g/mol. The second kappa shape index (κ2) is 8.98. The van der Waals surface area contributed by atoms with Crippen LogP contribution in [0.4, 0.5) is 0 Å². The first-order valence-corrected chi connectivity index (χ1v) is 9.87. The minimum absolute atomic E-state index is 0.0727. The molecule has 2 aliphatic carbocycles. The van der Waals surface area contributed by atoms with E-state index in [-0.39, 0.29) is 17.7 Å². The first-order chi connectivity index (χ1) is 12.3.